The Hall–Kier alpha value is -3.61. The molecule has 1 aliphatic rings. The van der Waals surface area contributed by atoms with Gasteiger partial charge in [0, 0.05) is 17.3 Å². The molecule has 2 heterocycles. The minimum absolute atomic E-state index is 0.255. The molecular formula is C25H24FNO5. The molecule has 0 saturated carbocycles. The number of aromatic nitrogens is 1. The molecule has 1 aromatic heterocycles. The van der Waals surface area contributed by atoms with Crippen LogP contribution in [0.15, 0.2) is 54.7 Å². The Morgan fingerprint density at radius 2 is 2.00 bits per heavy atom. The topological polar surface area (TPSA) is 66.9 Å². The predicted octanol–water partition coefficient (Wildman–Crippen LogP) is 4.76. The normalized spacial score (nSPS) is 15.7. The van der Waals surface area contributed by atoms with Crippen LogP contribution >= 0.6 is 0 Å². The summed E-state index contributed by atoms with van der Waals surface area (Å²) in [5, 5.41) is 0. The maximum absolute atomic E-state index is 14.3. The average Bonchev–Trinajstić information content (AvgIpc) is 2.83. The first-order chi connectivity index (χ1) is 15.5. The van der Waals surface area contributed by atoms with Crippen LogP contribution in [0.4, 0.5) is 4.39 Å². The molecule has 32 heavy (non-hydrogen) atoms. The predicted molar refractivity (Wildman–Crippen MR) is 116 cm³/mol. The molecule has 1 aliphatic heterocycles. The van der Waals surface area contributed by atoms with E-state index in [1.54, 1.807) is 30.5 Å². The SMILES string of the molecule is COC(=O)[C@@H](C)Cc1ccc2c(c1)OC(c1ccc(-c3cc(OC)ccc3F)cn1)CO2. The van der Waals surface area contributed by atoms with Gasteiger partial charge in [-0.25, -0.2) is 4.39 Å². The second-order valence-electron chi connectivity index (χ2n) is 7.64. The van der Waals surface area contributed by atoms with Crippen molar-refractivity contribution in [3.63, 3.8) is 0 Å². The quantitative estimate of drug-likeness (QED) is 0.518. The monoisotopic (exact) mass is 437 g/mol. The Kier molecular flexibility index (Phi) is 6.25. The van der Waals surface area contributed by atoms with Gasteiger partial charge in [0.1, 0.15) is 18.2 Å². The molecule has 3 aromatic rings. The molecule has 0 amide bonds. The number of ether oxygens (including phenoxy) is 4. The zero-order chi connectivity index (χ0) is 22.7. The van der Waals surface area contributed by atoms with E-state index in [1.165, 1.54) is 20.3 Å². The molecule has 0 fully saturated rings. The number of methoxy groups -OCH3 is 2. The van der Waals surface area contributed by atoms with Crippen molar-refractivity contribution in [2.75, 3.05) is 20.8 Å². The third kappa shape index (κ3) is 4.51. The summed E-state index contributed by atoms with van der Waals surface area (Å²) in [5.74, 6) is 0.953. The van der Waals surface area contributed by atoms with Gasteiger partial charge < -0.3 is 18.9 Å². The summed E-state index contributed by atoms with van der Waals surface area (Å²) in [6.45, 7) is 2.13. The van der Waals surface area contributed by atoms with E-state index in [0.29, 0.717) is 47.1 Å². The molecule has 0 saturated heterocycles. The first-order valence-electron chi connectivity index (χ1n) is 10.3. The summed E-state index contributed by atoms with van der Waals surface area (Å²) in [6, 6.07) is 13.8. The minimum Gasteiger partial charge on any atom is -0.497 e. The lowest BCUT2D eigenvalue weighted by atomic mass is 10.0. The summed E-state index contributed by atoms with van der Waals surface area (Å²) in [4.78, 5) is 16.2. The second-order valence-corrected chi connectivity index (χ2v) is 7.64. The van der Waals surface area contributed by atoms with Gasteiger partial charge in [-0.3, -0.25) is 9.78 Å². The Bertz CT molecular complexity index is 1120. The third-order valence-corrected chi connectivity index (χ3v) is 5.41. The number of pyridine rings is 1. The van der Waals surface area contributed by atoms with Crippen molar-refractivity contribution < 1.29 is 28.1 Å². The van der Waals surface area contributed by atoms with Crippen LogP contribution in [0.5, 0.6) is 17.2 Å². The molecule has 0 bridgehead atoms. The summed E-state index contributed by atoms with van der Waals surface area (Å²) < 4.78 is 36.2. The number of esters is 1. The lowest BCUT2D eigenvalue weighted by Gasteiger charge is -2.27. The average molecular weight is 437 g/mol. The number of nitrogens with zero attached hydrogens (tertiary/aromatic N) is 1. The smallest absolute Gasteiger partial charge is 0.308 e. The fraction of sp³-hybridized carbons (Fsp3) is 0.280. The van der Waals surface area contributed by atoms with Gasteiger partial charge in [0.15, 0.2) is 17.6 Å². The maximum atomic E-state index is 14.3. The molecule has 1 unspecified atom stereocenters. The van der Waals surface area contributed by atoms with E-state index in [2.05, 4.69) is 4.98 Å². The molecule has 4 rings (SSSR count). The van der Waals surface area contributed by atoms with Crippen LogP contribution in [0.1, 0.15) is 24.3 Å². The van der Waals surface area contributed by atoms with Crippen LogP contribution in [0, 0.1) is 11.7 Å². The minimum atomic E-state index is -0.403. The van der Waals surface area contributed by atoms with Gasteiger partial charge in [-0.2, -0.15) is 0 Å². The van der Waals surface area contributed by atoms with E-state index in [1.807, 2.05) is 25.1 Å². The number of carbonyl (C=O) groups is 1. The van der Waals surface area contributed by atoms with Crippen molar-refractivity contribution >= 4 is 5.97 Å². The standard InChI is InChI=1S/C25H24FNO5/c1-15(25(28)30-3)10-16-4-9-22-23(11-16)32-24(14-31-22)21-8-5-17(13-27-21)19-12-18(29-2)6-7-20(19)26/h4-9,11-13,15,24H,10,14H2,1-3H3/t15-,24?/m0/s1. The Labute approximate surface area is 185 Å². The highest BCUT2D eigenvalue weighted by Crippen LogP contribution is 2.37. The number of benzene rings is 2. The van der Waals surface area contributed by atoms with Crippen molar-refractivity contribution in [2.24, 2.45) is 5.92 Å². The summed E-state index contributed by atoms with van der Waals surface area (Å²) in [6.07, 6.45) is 1.74. The molecule has 0 aliphatic carbocycles. The van der Waals surface area contributed by atoms with Gasteiger partial charge in [0.05, 0.1) is 25.8 Å². The highest BCUT2D eigenvalue weighted by molar-refractivity contribution is 5.72. The number of carbonyl (C=O) groups excluding carboxylic acids is 1. The van der Waals surface area contributed by atoms with Gasteiger partial charge in [0.2, 0.25) is 0 Å². The van der Waals surface area contributed by atoms with E-state index in [9.17, 15) is 9.18 Å². The van der Waals surface area contributed by atoms with Crippen LogP contribution in [-0.4, -0.2) is 31.8 Å². The fourth-order valence-corrected chi connectivity index (χ4v) is 3.64. The van der Waals surface area contributed by atoms with Crippen molar-refractivity contribution in [2.45, 2.75) is 19.4 Å². The molecule has 2 aromatic carbocycles. The van der Waals surface area contributed by atoms with Crippen LogP contribution in [0.3, 0.4) is 0 Å². The molecule has 7 heteroatoms. The van der Waals surface area contributed by atoms with Crippen LogP contribution in [-0.2, 0) is 16.0 Å². The molecular weight excluding hydrogens is 413 g/mol. The molecule has 2 atom stereocenters. The summed E-state index contributed by atoms with van der Waals surface area (Å²) >= 11 is 0. The highest BCUT2D eigenvalue weighted by atomic mass is 19.1. The molecule has 166 valence electrons. The molecule has 0 N–H and O–H groups in total. The number of fused-ring (bicyclic) bond motifs is 1. The molecule has 6 nitrogen and oxygen atoms in total. The number of hydrogen-bond acceptors (Lipinski definition) is 6. The summed E-state index contributed by atoms with van der Waals surface area (Å²) in [5.41, 5.74) is 2.68. The summed E-state index contributed by atoms with van der Waals surface area (Å²) in [7, 11) is 2.92. The number of halogens is 1. The van der Waals surface area contributed by atoms with E-state index >= 15 is 0 Å². The van der Waals surface area contributed by atoms with Crippen LogP contribution < -0.4 is 14.2 Å². The van der Waals surface area contributed by atoms with Gasteiger partial charge in [-0.1, -0.05) is 19.1 Å². The lowest BCUT2D eigenvalue weighted by molar-refractivity contribution is -0.144. The van der Waals surface area contributed by atoms with E-state index in [0.717, 1.165) is 5.56 Å². The second kappa shape index (κ2) is 9.26. The van der Waals surface area contributed by atoms with E-state index in [4.69, 9.17) is 18.9 Å². The number of rotatable bonds is 6. The maximum Gasteiger partial charge on any atom is 0.308 e. The van der Waals surface area contributed by atoms with Gasteiger partial charge >= 0.3 is 5.97 Å². The zero-order valence-electron chi connectivity index (χ0n) is 18.1. The molecule has 0 radical (unpaired) electrons. The Morgan fingerprint density at radius 3 is 2.72 bits per heavy atom. The van der Waals surface area contributed by atoms with Gasteiger partial charge in [0.25, 0.3) is 0 Å². The van der Waals surface area contributed by atoms with Crippen LogP contribution in [0.2, 0.25) is 0 Å². The fourth-order valence-electron chi connectivity index (χ4n) is 3.64. The zero-order valence-corrected chi connectivity index (χ0v) is 18.1. The van der Waals surface area contributed by atoms with E-state index < -0.39 is 6.10 Å². The lowest BCUT2D eigenvalue weighted by Crippen LogP contribution is -2.22. The third-order valence-electron chi connectivity index (χ3n) is 5.41. The van der Waals surface area contributed by atoms with E-state index in [-0.39, 0.29) is 17.7 Å². The first kappa shape index (κ1) is 21.6. The van der Waals surface area contributed by atoms with Gasteiger partial charge in [-0.05, 0) is 48.4 Å². The Morgan fingerprint density at radius 1 is 1.16 bits per heavy atom. The van der Waals surface area contributed by atoms with Crippen molar-refractivity contribution in [3.05, 3.63) is 71.8 Å². The largest absolute Gasteiger partial charge is 0.497 e. The van der Waals surface area contributed by atoms with Crippen molar-refractivity contribution in [3.8, 4) is 28.4 Å². The van der Waals surface area contributed by atoms with Crippen molar-refractivity contribution in [1.29, 1.82) is 0 Å². The first-order valence-corrected chi connectivity index (χ1v) is 10.3. The van der Waals surface area contributed by atoms with Gasteiger partial charge in [-0.15, -0.1) is 0 Å². The number of hydrogen-bond donors (Lipinski definition) is 0. The van der Waals surface area contributed by atoms with Crippen LogP contribution in [0.25, 0.3) is 11.1 Å². The Balaban J connectivity index is 1.51. The molecule has 0 spiro atoms. The highest BCUT2D eigenvalue weighted by Gasteiger charge is 2.25. The van der Waals surface area contributed by atoms with Crippen molar-refractivity contribution in [1.82, 2.24) is 4.98 Å².